The second-order valence-corrected chi connectivity index (χ2v) is 7.31. The third-order valence-electron chi connectivity index (χ3n) is 5.31. The first-order chi connectivity index (χ1) is 14.1. The lowest BCUT2D eigenvalue weighted by Gasteiger charge is -2.26. The zero-order chi connectivity index (χ0) is 20.8. The van der Waals surface area contributed by atoms with Crippen molar-refractivity contribution in [3.8, 4) is 0 Å². The number of carbonyl (C=O) groups is 3. The van der Waals surface area contributed by atoms with E-state index in [4.69, 9.17) is 4.74 Å². The van der Waals surface area contributed by atoms with E-state index in [1.807, 2.05) is 24.3 Å². The van der Waals surface area contributed by atoms with Crippen molar-refractivity contribution in [1.82, 2.24) is 4.90 Å². The van der Waals surface area contributed by atoms with E-state index in [-0.39, 0.29) is 36.9 Å². The van der Waals surface area contributed by atoms with Crippen LogP contribution in [0.3, 0.4) is 0 Å². The Bertz CT molecular complexity index is 853. The summed E-state index contributed by atoms with van der Waals surface area (Å²) in [6.45, 7) is 4.21. The summed E-state index contributed by atoms with van der Waals surface area (Å²) < 4.78 is 5.68. The summed E-state index contributed by atoms with van der Waals surface area (Å²) >= 11 is 0. The van der Waals surface area contributed by atoms with Crippen LogP contribution in [-0.4, -0.2) is 41.8 Å². The number of amides is 2. The van der Waals surface area contributed by atoms with Gasteiger partial charge in [0.2, 0.25) is 0 Å². The predicted octanol–water partition coefficient (Wildman–Crippen LogP) is 4.30. The van der Waals surface area contributed by atoms with Gasteiger partial charge >= 0.3 is 0 Å². The third kappa shape index (κ3) is 4.62. The maximum atomic E-state index is 12.8. The van der Waals surface area contributed by atoms with Crippen LogP contribution in [0.2, 0.25) is 0 Å². The molecule has 1 atom stereocenters. The van der Waals surface area contributed by atoms with E-state index >= 15 is 0 Å². The first-order valence-corrected chi connectivity index (χ1v) is 10.2. The van der Waals surface area contributed by atoms with Crippen LogP contribution >= 0.6 is 0 Å². The molecule has 3 rings (SSSR count). The molecule has 1 aliphatic rings. The zero-order valence-electron chi connectivity index (χ0n) is 17.0. The van der Waals surface area contributed by atoms with Crippen LogP contribution in [0.25, 0.3) is 0 Å². The fourth-order valence-electron chi connectivity index (χ4n) is 3.56. The number of rotatable bonds is 10. The Morgan fingerprint density at radius 3 is 2.14 bits per heavy atom. The van der Waals surface area contributed by atoms with Crippen LogP contribution < -0.4 is 0 Å². The lowest BCUT2D eigenvalue weighted by Crippen LogP contribution is -2.43. The van der Waals surface area contributed by atoms with Crippen LogP contribution in [0.4, 0.5) is 0 Å². The number of nitrogens with zero attached hydrogens (tertiary/aromatic N) is 1. The zero-order valence-corrected chi connectivity index (χ0v) is 17.0. The molecule has 0 fully saturated rings. The van der Waals surface area contributed by atoms with E-state index in [0.29, 0.717) is 23.1 Å². The highest BCUT2D eigenvalue weighted by molar-refractivity contribution is 6.21. The smallest absolute Gasteiger partial charge is 0.261 e. The molecule has 2 amide bonds. The van der Waals surface area contributed by atoms with Crippen LogP contribution in [0.1, 0.15) is 69.7 Å². The number of ketones is 1. The molecule has 1 heterocycles. The van der Waals surface area contributed by atoms with Crippen LogP contribution in [0.15, 0.2) is 48.5 Å². The number of unbranched alkanes of at least 4 members (excludes halogenated alkanes) is 1. The Labute approximate surface area is 171 Å². The monoisotopic (exact) mass is 393 g/mol. The molecule has 152 valence electrons. The Balaban J connectivity index is 1.64. The largest absolute Gasteiger partial charge is 0.371 e. The van der Waals surface area contributed by atoms with Gasteiger partial charge in [-0.05, 0) is 30.5 Å². The molecule has 2 aromatic rings. The lowest BCUT2D eigenvalue weighted by atomic mass is 10.1. The Morgan fingerprint density at radius 1 is 0.966 bits per heavy atom. The molecular weight excluding hydrogens is 366 g/mol. The minimum atomic E-state index is -0.377. The van der Waals surface area contributed by atoms with Gasteiger partial charge in [-0.25, -0.2) is 0 Å². The van der Waals surface area contributed by atoms with E-state index < -0.39 is 0 Å². The molecule has 0 aromatic heterocycles. The topological polar surface area (TPSA) is 63.7 Å². The van der Waals surface area contributed by atoms with Crippen LogP contribution in [0, 0.1) is 0 Å². The van der Waals surface area contributed by atoms with E-state index in [2.05, 4.69) is 13.8 Å². The van der Waals surface area contributed by atoms with Gasteiger partial charge in [0.25, 0.3) is 11.8 Å². The summed E-state index contributed by atoms with van der Waals surface area (Å²) in [5.41, 5.74) is 2.65. The Morgan fingerprint density at radius 2 is 1.59 bits per heavy atom. The van der Waals surface area contributed by atoms with E-state index in [9.17, 15) is 14.4 Å². The molecule has 0 bridgehead atoms. The van der Waals surface area contributed by atoms with Crippen molar-refractivity contribution in [3.63, 3.8) is 0 Å². The summed E-state index contributed by atoms with van der Waals surface area (Å²) in [5.74, 6) is -0.669. The van der Waals surface area contributed by atoms with Crippen molar-refractivity contribution in [2.24, 2.45) is 0 Å². The summed E-state index contributed by atoms with van der Waals surface area (Å²) in [6.07, 6.45) is 3.39. The molecular formula is C24H27NO4. The van der Waals surface area contributed by atoms with Crippen molar-refractivity contribution in [2.45, 2.75) is 45.6 Å². The van der Waals surface area contributed by atoms with Crippen LogP contribution in [-0.2, 0) is 11.2 Å². The summed E-state index contributed by atoms with van der Waals surface area (Å²) in [4.78, 5) is 39.2. The number of aryl methyl sites for hydroxylation is 1. The first kappa shape index (κ1) is 20.9. The van der Waals surface area contributed by atoms with Gasteiger partial charge in [-0.3, -0.25) is 19.3 Å². The Kier molecular flexibility index (Phi) is 6.94. The van der Waals surface area contributed by atoms with Gasteiger partial charge in [0.15, 0.2) is 5.78 Å². The minimum absolute atomic E-state index is 0.0722. The standard InChI is InChI=1S/C24H27NO4/c1-3-5-8-19(25-23(27)20-9-6-7-10-21(20)24(25)28)15-29-16-22(26)18-13-11-17(4-2)12-14-18/h6-7,9-14,19H,3-5,8,15-16H2,1-2H3. The molecule has 5 nitrogen and oxygen atoms in total. The third-order valence-corrected chi connectivity index (χ3v) is 5.31. The normalized spacial score (nSPS) is 14.2. The van der Waals surface area contributed by atoms with Crippen LogP contribution in [0.5, 0.6) is 0 Å². The van der Waals surface area contributed by atoms with Gasteiger partial charge in [-0.2, -0.15) is 0 Å². The number of benzene rings is 2. The van der Waals surface area contributed by atoms with E-state index in [0.717, 1.165) is 19.3 Å². The fraction of sp³-hybridized carbons (Fsp3) is 0.375. The second kappa shape index (κ2) is 9.61. The maximum Gasteiger partial charge on any atom is 0.261 e. The predicted molar refractivity (Wildman–Crippen MR) is 111 cm³/mol. The highest BCUT2D eigenvalue weighted by Crippen LogP contribution is 2.26. The number of ether oxygens (including phenoxy) is 1. The molecule has 0 spiro atoms. The highest BCUT2D eigenvalue weighted by atomic mass is 16.5. The summed E-state index contributed by atoms with van der Waals surface area (Å²) in [5, 5.41) is 0. The molecule has 29 heavy (non-hydrogen) atoms. The number of hydrogen-bond donors (Lipinski definition) is 0. The molecule has 2 aromatic carbocycles. The Hall–Kier alpha value is -2.79. The minimum Gasteiger partial charge on any atom is -0.371 e. The maximum absolute atomic E-state index is 12.8. The average Bonchev–Trinajstić information content (AvgIpc) is 3.01. The van der Waals surface area contributed by atoms with Gasteiger partial charge in [0, 0.05) is 5.56 Å². The van der Waals surface area contributed by atoms with E-state index in [1.54, 1.807) is 24.3 Å². The van der Waals surface area contributed by atoms with Gasteiger partial charge in [-0.15, -0.1) is 0 Å². The van der Waals surface area contributed by atoms with Gasteiger partial charge in [0.05, 0.1) is 23.8 Å². The summed E-state index contributed by atoms with van der Waals surface area (Å²) in [7, 11) is 0. The second-order valence-electron chi connectivity index (χ2n) is 7.31. The molecule has 0 radical (unpaired) electrons. The summed E-state index contributed by atoms with van der Waals surface area (Å²) in [6, 6.07) is 14.0. The highest BCUT2D eigenvalue weighted by Gasteiger charge is 2.39. The van der Waals surface area contributed by atoms with Crippen molar-refractivity contribution >= 4 is 17.6 Å². The number of imide groups is 1. The van der Waals surface area contributed by atoms with Crippen molar-refractivity contribution < 1.29 is 19.1 Å². The van der Waals surface area contributed by atoms with Gasteiger partial charge < -0.3 is 4.74 Å². The molecule has 5 heteroatoms. The number of carbonyl (C=O) groups excluding carboxylic acids is 3. The number of Topliss-reactive ketones (excluding diaryl/α,β-unsaturated/α-hetero) is 1. The van der Waals surface area contributed by atoms with Gasteiger partial charge in [0.1, 0.15) is 6.61 Å². The van der Waals surface area contributed by atoms with E-state index in [1.165, 1.54) is 10.5 Å². The average molecular weight is 393 g/mol. The lowest BCUT2D eigenvalue weighted by molar-refractivity contribution is 0.0374. The van der Waals surface area contributed by atoms with Crippen molar-refractivity contribution in [3.05, 3.63) is 70.8 Å². The molecule has 0 N–H and O–H groups in total. The van der Waals surface area contributed by atoms with Gasteiger partial charge in [-0.1, -0.05) is 63.1 Å². The first-order valence-electron chi connectivity index (χ1n) is 10.2. The quantitative estimate of drug-likeness (QED) is 0.446. The number of fused-ring (bicyclic) bond motifs is 1. The molecule has 1 unspecified atom stereocenters. The SMILES string of the molecule is CCCCC(COCC(=O)c1ccc(CC)cc1)N1C(=O)c2ccccc2C1=O. The molecule has 1 aliphatic heterocycles. The number of hydrogen-bond acceptors (Lipinski definition) is 4. The fourth-order valence-corrected chi connectivity index (χ4v) is 3.56. The molecule has 0 aliphatic carbocycles. The molecule has 0 saturated carbocycles. The van der Waals surface area contributed by atoms with Crippen molar-refractivity contribution in [2.75, 3.05) is 13.2 Å². The van der Waals surface area contributed by atoms with Crippen molar-refractivity contribution in [1.29, 1.82) is 0 Å². The molecule has 0 saturated heterocycles.